The van der Waals surface area contributed by atoms with E-state index in [0.717, 1.165) is 5.92 Å². The van der Waals surface area contributed by atoms with Gasteiger partial charge in [-0.2, -0.15) is 0 Å². The first-order valence-electron chi connectivity index (χ1n) is 7.06. The predicted octanol–water partition coefficient (Wildman–Crippen LogP) is 4.06. The highest BCUT2D eigenvalue weighted by Crippen LogP contribution is 2.40. The van der Waals surface area contributed by atoms with Crippen molar-refractivity contribution in [3.63, 3.8) is 0 Å². The van der Waals surface area contributed by atoms with Crippen LogP contribution < -0.4 is 0 Å². The van der Waals surface area contributed by atoms with Gasteiger partial charge in [-0.3, -0.25) is 0 Å². The zero-order valence-electron chi connectivity index (χ0n) is 10.7. The van der Waals surface area contributed by atoms with Crippen LogP contribution >= 0.6 is 15.9 Å². The second-order valence-corrected chi connectivity index (χ2v) is 6.53. The molecule has 1 nitrogen and oxygen atoms in total. The van der Waals surface area contributed by atoms with Gasteiger partial charge in [0.05, 0.1) is 0 Å². The molecular weight excluding hydrogens is 262 g/mol. The van der Waals surface area contributed by atoms with Crippen molar-refractivity contribution in [1.82, 2.24) is 4.90 Å². The van der Waals surface area contributed by atoms with Crippen molar-refractivity contribution >= 4 is 15.9 Å². The minimum atomic E-state index is 0.611. The Labute approximate surface area is 109 Å². The van der Waals surface area contributed by atoms with Crippen LogP contribution in [0.3, 0.4) is 0 Å². The largest absolute Gasteiger partial charge is 0.303 e. The third kappa shape index (κ3) is 3.01. The Balaban J connectivity index is 1.83. The maximum Gasteiger partial charge on any atom is 0.0100 e. The molecule has 0 aromatic heterocycles. The number of nitrogens with zero attached hydrogens (tertiary/aromatic N) is 1. The first-order valence-corrected chi connectivity index (χ1v) is 8.18. The molecule has 0 N–H and O–H groups in total. The van der Waals surface area contributed by atoms with E-state index in [2.05, 4.69) is 27.8 Å². The highest BCUT2D eigenvalue weighted by Gasteiger charge is 2.34. The van der Waals surface area contributed by atoms with Crippen molar-refractivity contribution in [2.24, 2.45) is 11.3 Å². The molecule has 2 aliphatic rings. The Bertz CT molecular complexity index is 207. The molecule has 2 rings (SSSR count). The van der Waals surface area contributed by atoms with Crippen molar-refractivity contribution in [2.75, 3.05) is 25.0 Å². The third-order valence-electron chi connectivity index (χ3n) is 4.70. The summed E-state index contributed by atoms with van der Waals surface area (Å²) >= 11 is 3.76. The van der Waals surface area contributed by atoms with Crippen LogP contribution in [0.15, 0.2) is 0 Å². The minimum absolute atomic E-state index is 0.611. The quantitative estimate of drug-likeness (QED) is 0.666. The number of alkyl halides is 1. The number of hydrogen-bond donors (Lipinski definition) is 0. The van der Waals surface area contributed by atoms with Crippen molar-refractivity contribution in [1.29, 1.82) is 0 Å². The fraction of sp³-hybridized carbons (Fsp3) is 1.00. The van der Waals surface area contributed by atoms with Gasteiger partial charge in [-0.05, 0) is 43.6 Å². The molecule has 2 fully saturated rings. The molecule has 2 saturated carbocycles. The van der Waals surface area contributed by atoms with E-state index in [1.807, 2.05) is 0 Å². The standard InChI is InChI=1S/C14H26BrN/c1-2-16(10-13-6-5-7-13)12-14(11-15)8-3-4-9-14/h13H,2-12H2,1H3. The Morgan fingerprint density at radius 2 is 1.88 bits per heavy atom. The molecule has 16 heavy (non-hydrogen) atoms. The van der Waals surface area contributed by atoms with E-state index >= 15 is 0 Å². The van der Waals surface area contributed by atoms with Crippen LogP contribution in [0, 0.1) is 11.3 Å². The zero-order valence-corrected chi connectivity index (χ0v) is 12.3. The van der Waals surface area contributed by atoms with Gasteiger partial charge in [0.15, 0.2) is 0 Å². The Morgan fingerprint density at radius 1 is 1.19 bits per heavy atom. The molecule has 2 aliphatic carbocycles. The average Bonchev–Trinajstić information content (AvgIpc) is 2.71. The van der Waals surface area contributed by atoms with Crippen molar-refractivity contribution in [3.05, 3.63) is 0 Å². The van der Waals surface area contributed by atoms with Gasteiger partial charge in [0.1, 0.15) is 0 Å². The molecule has 0 spiro atoms. The second kappa shape index (κ2) is 5.86. The van der Waals surface area contributed by atoms with Gasteiger partial charge in [0.2, 0.25) is 0 Å². The van der Waals surface area contributed by atoms with Crippen LogP contribution in [-0.4, -0.2) is 29.9 Å². The summed E-state index contributed by atoms with van der Waals surface area (Å²) in [5.41, 5.74) is 0.611. The van der Waals surface area contributed by atoms with Crippen molar-refractivity contribution in [3.8, 4) is 0 Å². The summed E-state index contributed by atoms with van der Waals surface area (Å²) in [6, 6.07) is 0. The van der Waals surface area contributed by atoms with Gasteiger partial charge in [0, 0.05) is 18.4 Å². The Kier molecular flexibility index (Phi) is 4.72. The lowest BCUT2D eigenvalue weighted by molar-refractivity contribution is 0.130. The Hall–Kier alpha value is 0.440. The molecular formula is C14H26BrN. The van der Waals surface area contributed by atoms with Crippen LogP contribution in [-0.2, 0) is 0 Å². The molecule has 0 saturated heterocycles. The van der Waals surface area contributed by atoms with E-state index in [1.165, 1.54) is 69.9 Å². The van der Waals surface area contributed by atoms with Gasteiger partial charge in [0.25, 0.3) is 0 Å². The minimum Gasteiger partial charge on any atom is -0.303 e. The summed E-state index contributed by atoms with van der Waals surface area (Å²) in [5.74, 6) is 1.02. The van der Waals surface area contributed by atoms with E-state index < -0.39 is 0 Å². The molecule has 0 unspecified atom stereocenters. The normalized spacial score (nSPS) is 24.9. The lowest BCUT2D eigenvalue weighted by Crippen LogP contribution is -2.41. The molecule has 2 heteroatoms. The SMILES string of the molecule is CCN(CC1CCC1)CC1(CBr)CCCC1. The molecule has 0 bridgehead atoms. The molecule has 0 aromatic carbocycles. The lowest BCUT2D eigenvalue weighted by atomic mass is 9.83. The Morgan fingerprint density at radius 3 is 2.31 bits per heavy atom. The van der Waals surface area contributed by atoms with Crippen molar-refractivity contribution in [2.45, 2.75) is 51.9 Å². The highest BCUT2D eigenvalue weighted by atomic mass is 79.9. The summed E-state index contributed by atoms with van der Waals surface area (Å²) < 4.78 is 0. The van der Waals surface area contributed by atoms with Gasteiger partial charge >= 0.3 is 0 Å². The summed E-state index contributed by atoms with van der Waals surface area (Å²) in [7, 11) is 0. The summed E-state index contributed by atoms with van der Waals surface area (Å²) in [6.07, 6.45) is 10.2. The van der Waals surface area contributed by atoms with Gasteiger partial charge < -0.3 is 4.90 Å². The summed E-state index contributed by atoms with van der Waals surface area (Å²) in [4.78, 5) is 2.72. The topological polar surface area (TPSA) is 3.24 Å². The summed E-state index contributed by atoms with van der Waals surface area (Å²) in [5, 5.41) is 1.21. The number of halogens is 1. The fourth-order valence-corrected chi connectivity index (χ4v) is 4.02. The average molecular weight is 288 g/mol. The van der Waals surface area contributed by atoms with Crippen LogP contribution in [0.4, 0.5) is 0 Å². The van der Waals surface area contributed by atoms with Crippen LogP contribution in [0.25, 0.3) is 0 Å². The summed E-state index contributed by atoms with van der Waals surface area (Å²) in [6.45, 7) is 6.28. The second-order valence-electron chi connectivity index (χ2n) is 5.97. The molecule has 0 aromatic rings. The molecule has 94 valence electrons. The van der Waals surface area contributed by atoms with Crippen molar-refractivity contribution < 1.29 is 0 Å². The molecule has 0 atom stereocenters. The maximum atomic E-state index is 3.76. The first kappa shape index (κ1) is 12.9. The van der Waals surface area contributed by atoms with E-state index in [0.29, 0.717) is 5.41 Å². The third-order valence-corrected chi connectivity index (χ3v) is 5.88. The molecule has 0 aliphatic heterocycles. The fourth-order valence-electron chi connectivity index (χ4n) is 3.28. The van der Waals surface area contributed by atoms with Gasteiger partial charge in [-0.1, -0.05) is 42.1 Å². The maximum absolute atomic E-state index is 3.76. The van der Waals surface area contributed by atoms with Gasteiger partial charge in [-0.15, -0.1) is 0 Å². The van der Waals surface area contributed by atoms with Crippen LogP contribution in [0.2, 0.25) is 0 Å². The number of rotatable bonds is 6. The van der Waals surface area contributed by atoms with Crippen LogP contribution in [0.1, 0.15) is 51.9 Å². The van der Waals surface area contributed by atoms with Crippen LogP contribution in [0.5, 0.6) is 0 Å². The van der Waals surface area contributed by atoms with Gasteiger partial charge in [-0.25, -0.2) is 0 Å². The lowest BCUT2D eigenvalue weighted by Gasteiger charge is -2.37. The smallest absolute Gasteiger partial charge is 0.0100 e. The highest BCUT2D eigenvalue weighted by molar-refractivity contribution is 9.09. The molecule has 0 amide bonds. The van der Waals surface area contributed by atoms with E-state index in [1.54, 1.807) is 0 Å². The monoisotopic (exact) mass is 287 g/mol. The first-order chi connectivity index (χ1) is 7.78. The van der Waals surface area contributed by atoms with E-state index in [4.69, 9.17) is 0 Å². The van der Waals surface area contributed by atoms with E-state index in [9.17, 15) is 0 Å². The number of hydrogen-bond acceptors (Lipinski definition) is 1. The predicted molar refractivity (Wildman–Crippen MR) is 74.2 cm³/mol. The van der Waals surface area contributed by atoms with E-state index in [-0.39, 0.29) is 0 Å². The molecule has 0 radical (unpaired) electrons. The molecule has 0 heterocycles. The zero-order chi connectivity index (χ0) is 11.4.